The van der Waals surface area contributed by atoms with Crippen LogP contribution < -0.4 is 10.5 Å². The van der Waals surface area contributed by atoms with Gasteiger partial charge in [-0.1, -0.05) is 41.9 Å². The molecule has 0 heterocycles. The molecule has 0 unspecified atom stereocenters. The van der Waals surface area contributed by atoms with E-state index in [1.165, 1.54) is 6.07 Å². The number of benzene rings is 2. The van der Waals surface area contributed by atoms with E-state index in [0.29, 0.717) is 10.6 Å². The second-order valence-electron chi connectivity index (χ2n) is 4.89. The highest BCUT2D eigenvalue weighted by Gasteiger charge is 2.21. The highest BCUT2D eigenvalue weighted by molar-refractivity contribution is 7.89. The lowest BCUT2D eigenvalue weighted by Crippen LogP contribution is -2.27. The van der Waals surface area contributed by atoms with Crippen molar-refractivity contribution < 1.29 is 8.42 Å². The molecule has 0 saturated heterocycles. The molecule has 0 amide bonds. The third-order valence-electron chi connectivity index (χ3n) is 3.22. The van der Waals surface area contributed by atoms with Gasteiger partial charge >= 0.3 is 0 Å². The van der Waals surface area contributed by atoms with Gasteiger partial charge in [-0.25, -0.2) is 13.1 Å². The summed E-state index contributed by atoms with van der Waals surface area (Å²) in [7, 11) is -3.67. The van der Waals surface area contributed by atoms with Crippen LogP contribution in [0, 0.1) is 6.92 Å². The van der Waals surface area contributed by atoms with E-state index in [4.69, 9.17) is 17.3 Å². The number of aryl methyl sites for hydroxylation is 1. The maximum atomic E-state index is 12.5. The van der Waals surface area contributed by atoms with Gasteiger partial charge in [0.25, 0.3) is 0 Å². The van der Waals surface area contributed by atoms with Crippen molar-refractivity contribution in [1.82, 2.24) is 4.72 Å². The molecule has 3 N–H and O–H groups in total. The average Bonchev–Trinajstić information content (AvgIpc) is 2.43. The predicted octanol–water partition coefficient (Wildman–Crippen LogP) is 3.27. The summed E-state index contributed by atoms with van der Waals surface area (Å²) in [6.07, 6.45) is 0. The van der Waals surface area contributed by atoms with E-state index in [2.05, 4.69) is 4.72 Å². The molecule has 112 valence electrons. The summed E-state index contributed by atoms with van der Waals surface area (Å²) < 4.78 is 27.6. The van der Waals surface area contributed by atoms with Crippen molar-refractivity contribution in [3.05, 3.63) is 58.6 Å². The van der Waals surface area contributed by atoms with E-state index >= 15 is 0 Å². The maximum absolute atomic E-state index is 12.5. The zero-order valence-corrected chi connectivity index (χ0v) is 13.4. The molecular formula is C15H17ClN2O2S. The summed E-state index contributed by atoms with van der Waals surface area (Å²) in [4.78, 5) is 0.146. The Morgan fingerprint density at radius 2 is 1.81 bits per heavy atom. The van der Waals surface area contributed by atoms with Crippen LogP contribution in [0.1, 0.15) is 24.1 Å². The Hall–Kier alpha value is -1.56. The van der Waals surface area contributed by atoms with Crippen molar-refractivity contribution >= 4 is 27.3 Å². The van der Waals surface area contributed by atoms with Crippen molar-refractivity contribution in [1.29, 1.82) is 0 Å². The number of halogens is 1. The molecule has 6 heteroatoms. The highest BCUT2D eigenvalue weighted by atomic mass is 35.5. The van der Waals surface area contributed by atoms with E-state index in [-0.39, 0.29) is 16.6 Å². The number of anilines is 1. The molecule has 0 radical (unpaired) electrons. The number of sulfonamides is 1. The van der Waals surface area contributed by atoms with Crippen molar-refractivity contribution in [2.45, 2.75) is 24.8 Å². The van der Waals surface area contributed by atoms with Crippen LogP contribution in [0.5, 0.6) is 0 Å². The fourth-order valence-electron chi connectivity index (χ4n) is 2.06. The average molecular weight is 325 g/mol. The number of rotatable bonds is 4. The van der Waals surface area contributed by atoms with Gasteiger partial charge in [-0.05, 0) is 37.1 Å². The SMILES string of the molecule is Cc1cc(Cl)c(N)cc1S(=O)(=O)N[C@@H](C)c1ccccc1. The Labute approximate surface area is 130 Å². The molecule has 0 aliphatic carbocycles. The van der Waals surface area contributed by atoms with Crippen LogP contribution in [0.25, 0.3) is 0 Å². The van der Waals surface area contributed by atoms with Crippen LogP contribution in [0.2, 0.25) is 5.02 Å². The van der Waals surface area contributed by atoms with Crippen molar-refractivity contribution in [2.24, 2.45) is 0 Å². The number of nitrogens with two attached hydrogens (primary N) is 1. The standard InChI is InChI=1S/C15H17ClN2O2S/c1-10-8-13(16)14(17)9-15(10)21(19,20)18-11(2)12-6-4-3-5-7-12/h3-9,11,18H,17H2,1-2H3/t11-/m0/s1. The van der Waals surface area contributed by atoms with Crippen molar-refractivity contribution in [3.8, 4) is 0 Å². The van der Waals surface area contributed by atoms with Crippen LogP contribution >= 0.6 is 11.6 Å². The van der Waals surface area contributed by atoms with Gasteiger partial charge < -0.3 is 5.73 Å². The first-order chi connectivity index (χ1) is 9.81. The molecule has 0 aliphatic rings. The topological polar surface area (TPSA) is 72.2 Å². The minimum atomic E-state index is -3.67. The van der Waals surface area contributed by atoms with Gasteiger partial charge in [-0.2, -0.15) is 0 Å². The van der Waals surface area contributed by atoms with E-state index in [9.17, 15) is 8.42 Å². The first kappa shape index (κ1) is 15.8. The zero-order chi connectivity index (χ0) is 15.6. The first-order valence-corrected chi connectivity index (χ1v) is 8.30. The summed E-state index contributed by atoms with van der Waals surface area (Å²) >= 11 is 5.90. The lowest BCUT2D eigenvalue weighted by Gasteiger charge is -2.16. The van der Waals surface area contributed by atoms with Gasteiger partial charge in [0.2, 0.25) is 10.0 Å². The molecule has 1 atom stereocenters. The van der Waals surface area contributed by atoms with Gasteiger partial charge in [0, 0.05) is 6.04 Å². The minimum absolute atomic E-state index is 0.146. The van der Waals surface area contributed by atoms with E-state index in [1.54, 1.807) is 19.9 Å². The quantitative estimate of drug-likeness (QED) is 0.848. The molecular weight excluding hydrogens is 308 g/mol. The monoisotopic (exact) mass is 324 g/mol. The van der Waals surface area contributed by atoms with E-state index < -0.39 is 10.0 Å². The zero-order valence-electron chi connectivity index (χ0n) is 11.8. The molecule has 21 heavy (non-hydrogen) atoms. The van der Waals surface area contributed by atoms with Crippen LogP contribution in [0.4, 0.5) is 5.69 Å². The molecule has 0 spiro atoms. The van der Waals surface area contributed by atoms with Gasteiger partial charge in [-0.15, -0.1) is 0 Å². The Balaban J connectivity index is 2.33. The summed E-state index contributed by atoms with van der Waals surface area (Å²) in [5.74, 6) is 0. The molecule has 0 aromatic heterocycles. The van der Waals surface area contributed by atoms with Gasteiger partial charge in [0.15, 0.2) is 0 Å². The Bertz CT molecular complexity index is 746. The smallest absolute Gasteiger partial charge is 0.241 e. The summed E-state index contributed by atoms with van der Waals surface area (Å²) in [6, 6.07) is 12.0. The largest absolute Gasteiger partial charge is 0.397 e. The van der Waals surface area contributed by atoms with Crippen molar-refractivity contribution in [2.75, 3.05) is 5.73 Å². The van der Waals surface area contributed by atoms with E-state index in [0.717, 1.165) is 5.56 Å². The molecule has 2 aromatic carbocycles. The summed E-state index contributed by atoms with van der Waals surface area (Å²) in [6.45, 7) is 3.48. The third kappa shape index (κ3) is 3.56. The number of nitrogens with one attached hydrogen (secondary N) is 1. The third-order valence-corrected chi connectivity index (χ3v) is 5.23. The number of hydrogen-bond acceptors (Lipinski definition) is 3. The Morgan fingerprint density at radius 3 is 2.43 bits per heavy atom. The second-order valence-corrected chi connectivity index (χ2v) is 6.98. The Morgan fingerprint density at radius 1 is 1.19 bits per heavy atom. The maximum Gasteiger partial charge on any atom is 0.241 e. The lowest BCUT2D eigenvalue weighted by atomic mass is 10.1. The van der Waals surface area contributed by atoms with Crippen molar-refractivity contribution in [3.63, 3.8) is 0 Å². The van der Waals surface area contributed by atoms with Crippen LogP contribution in [-0.4, -0.2) is 8.42 Å². The van der Waals surface area contributed by atoms with Gasteiger partial charge in [0.1, 0.15) is 0 Å². The molecule has 0 aliphatic heterocycles. The second kappa shape index (κ2) is 6.05. The fourth-order valence-corrected chi connectivity index (χ4v) is 3.78. The van der Waals surface area contributed by atoms with Crippen LogP contribution in [0.15, 0.2) is 47.4 Å². The van der Waals surface area contributed by atoms with Crippen LogP contribution in [0.3, 0.4) is 0 Å². The summed E-state index contributed by atoms with van der Waals surface area (Å²) in [5.41, 5.74) is 7.40. The van der Waals surface area contributed by atoms with E-state index in [1.807, 2.05) is 30.3 Å². The lowest BCUT2D eigenvalue weighted by molar-refractivity contribution is 0.566. The van der Waals surface area contributed by atoms with Crippen LogP contribution in [-0.2, 0) is 10.0 Å². The Kier molecular flexibility index (Phi) is 4.56. The number of nitrogen functional groups attached to an aromatic ring is 1. The van der Waals surface area contributed by atoms with Gasteiger partial charge in [-0.3, -0.25) is 0 Å². The normalized spacial score (nSPS) is 13.1. The first-order valence-electron chi connectivity index (χ1n) is 6.44. The molecule has 0 fully saturated rings. The highest BCUT2D eigenvalue weighted by Crippen LogP contribution is 2.27. The molecule has 2 aromatic rings. The molecule has 2 rings (SSSR count). The van der Waals surface area contributed by atoms with Gasteiger partial charge in [0.05, 0.1) is 15.6 Å². The molecule has 0 bridgehead atoms. The molecule has 4 nitrogen and oxygen atoms in total. The molecule has 0 saturated carbocycles. The fraction of sp³-hybridized carbons (Fsp3) is 0.200. The number of hydrogen-bond donors (Lipinski definition) is 2. The minimum Gasteiger partial charge on any atom is -0.397 e. The summed E-state index contributed by atoms with van der Waals surface area (Å²) in [5, 5.41) is 0.350. The predicted molar refractivity (Wildman–Crippen MR) is 85.8 cm³/mol.